The molecule has 0 aliphatic heterocycles. The summed E-state index contributed by atoms with van der Waals surface area (Å²) in [4.78, 5) is 11.1. The molecule has 0 heterocycles. The topological polar surface area (TPSA) is 66.8 Å². The van der Waals surface area contributed by atoms with Gasteiger partial charge in [-0.1, -0.05) is 26.8 Å². The minimum atomic E-state index is -1.46. The van der Waals surface area contributed by atoms with Gasteiger partial charge in [-0.25, -0.2) is 4.79 Å². The van der Waals surface area contributed by atoms with Gasteiger partial charge in [-0.05, 0) is 25.7 Å². The number of hydrogen-bond donors (Lipinski definition) is 2. The van der Waals surface area contributed by atoms with Crippen LogP contribution < -0.4 is 0 Å². The first-order valence-electron chi connectivity index (χ1n) is 5.61. The molecule has 0 aromatic rings. The highest BCUT2D eigenvalue weighted by Gasteiger charge is 2.21. The second kappa shape index (κ2) is 7.41. The minimum absolute atomic E-state index is 0.202. The Kier molecular flexibility index (Phi) is 7.01. The molecule has 3 atom stereocenters. The maximum Gasteiger partial charge on any atom is 0.335 e. The molecule has 94 valence electrons. The van der Waals surface area contributed by atoms with E-state index >= 15 is 0 Å². The normalized spacial score (nSPS) is 16.3. The molecule has 0 aromatic carbocycles. The Morgan fingerprint density at radius 2 is 1.94 bits per heavy atom. The summed E-state index contributed by atoms with van der Waals surface area (Å²) < 4.78 is 4.61. The summed E-state index contributed by atoms with van der Waals surface area (Å²) >= 11 is 0. The lowest BCUT2D eigenvalue weighted by Gasteiger charge is -2.19. The third-order valence-electron chi connectivity index (χ3n) is 2.56. The molecule has 4 nitrogen and oxygen atoms in total. The van der Waals surface area contributed by atoms with Crippen LogP contribution in [0.15, 0.2) is 12.2 Å². The third-order valence-corrected chi connectivity index (χ3v) is 2.56. The van der Waals surface area contributed by atoms with E-state index < -0.39 is 18.4 Å². The van der Waals surface area contributed by atoms with Crippen molar-refractivity contribution in [1.82, 2.24) is 0 Å². The average Bonchev–Trinajstić information content (AvgIpc) is 2.24. The molecule has 16 heavy (non-hydrogen) atoms. The number of aliphatic hydroxyl groups is 2. The van der Waals surface area contributed by atoms with Crippen LogP contribution in [0, 0.1) is 5.92 Å². The van der Waals surface area contributed by atoms with E-state index in [-0.39, 0.29) is 5.57 Å². The van der Waals surface area contributed by atoms with E-state index in [9.17, 15) is 15.0 Å². The smallest absolute Gasteiger partial charge is 0.335 e. The number of hydrogen-bond acceptors (Lipinski definition) is 4. The Bertz CT molecular complexity index is 237. The molecule has 0 saturated heterocycles. The summed E-state index contributed by atoms with van der Waals surface area (Å²) in [6.07, 6.45) is -0.265. The Labute approximate surface area is 96.9 Å². The van der Waals surface area contributed by atoms with Gasteiger partial charge in [0.15, 0.2) is 0 Å². The fourth-order valence-electron chi connectivity index (χ4n) is 1.09. The standard InChI is InChI=1S/C12H22O4/c1-5-9(4)6-7-10(13)12(15)16-11(14)8(2)3/h9-10,12-13,15H,2,5-7H2,1,3-4H3. The predicted molar refractivity (Wildman–Crippen MR) is 61.6 cm³/mol. The van der Waals surface area contributed by atoms with Gasteiger partial charge in [-0.2, -0.15) is 0 Å². The van der Waals surface area contributed by atoms with Gasteiger partial charge in [0.2, 0.25) is 6.29 Å². The van der Waals surface area contributed by atoms with Crippen molar-refractivity contribution in [3.05, 3.63) is 12.2 Å². The van der Waals surface area contributed by atoms with Crippen LogP contribution in [0.1, 0.15) is 40.0 Å². The molecule has 0 saturated carbocycles. The van der Waals surface area contributed by atoms with Crippen LogP contribution in [0.4, 0.5) is 0 Å². The molecule has 3 unspecified atom stereocenters. The molecular formula is C12H22O4. The van der Waals surface area contributed by atoms with Crippen LogP contribution in [0.25, 0.3) is 0 Å². The maximum atomic E-state index is 11.1. The number of carbonyl (C=O) groups excluding carboxylic acids is 1. The maximum absolute atomic E-state index is 11.1. The largest absolute Gasteiger partial charge is 0.430 e. The van der Waals surface area contributed by atoms with E-state index in [1.807, 2.05) is 0 Å². The summed E-state index contributed by atoms with van der Waals surface area (Å²) in [6, 6.07) is 0. The zero-order chi connectivity index (χ0) is 12.7. The van der Waals surface area contributed by atoms with Gasteiger partial charge in [0, 0.05) is 5.57 Å². The van der Waals surface area contributed by atoms with Gasteiger partial charge < -0.3 is 14.9 Å². The van der Waals surface area contributed by atoms with E-state index in [1.54, 1.807) is 0 Å². The highest BCUT2D eigenvalue weighted by atomic mass is 16.6. The fraction of sp³-hybridized carbons (Fsp3) is 0.750. The van der Waals surface area contributed by atoms with Crippen molar-refractivity contribution in [1.29, 1.82) is 0 Å². The van der Waals surface area contributed by atoms with Crippen LogP contribution in [-0.2, 0) is 9.53 Å². The zero-order valence-corrected chi connectivity index (χ0v) is 10.3. The number of rotatable bonds is 7. The Hall–Kier alpha value is -0.870. The Balaban J connectivity index is 3.94. The van der Waals surface area contributed by atoms with Crippen LogP contribution in [0.3, 0.4) is 0 Å². The summed E-state index contributed by atoms with van der Waals surface area (Å²) in [6.45, 7) is 9.01. The molecule has 0 rings (SSSR count). The number of aliphatic hydroxyl groups excluding tert-OH is 2. The monoisotopic (exact) mass is 230 g/mol. The van der Waals surface area contributed by atoms with Crippen molar-refractivity contribution in [3.8, 4) is 0 Å². The molecule has 0 aliphatic carbocycles. The molecule has 0 radical (unpaired) electrons. The van der Waals surface area contributed by atoms with Crippen molar-refractivity contribution < 1.29 is 19.7 Å². The number of ether oxygens (including phenoxy) is 1. The summed E-state index contributed by atoms with van der Waals surface area (Å²) in [7, 11) is 0. The fourth-order valence-corrected chi connectivity index (χ4v) is 1.09. The van der Waals surface area contributed by atoms with Gasteiger partial charge >= 0.3 is 5.97 Å². The number of esters is 1. The SMILES string of the molecule is C=C(C)C(=O)OC(O)C(O)CCC(C)CC. The van der Waals surface area contributed by atoms with Crippen molar-refractivity contribution in [2.24, 2.45) is 5.92 Å². The van der Waals surface area contributed by atoms with Crippen LogP contribution in [0.5, 0.6) is 0 Å². The highest BCUT2D eigenvalue weighted by molar-refractivity contribution is 5.87. The van der Waals surface area contributed by atoms with Gasteiger partial charge in [0.25, 0.3) is 0 Å². The summed E-state index contributed by atoms with van der Waals surface area (Å²) in [5.41, 5.74) is 0.202. The lowest BCUT2D eigenvalue weighted by atomic mass is 10.0. The van der Waals surface area contributed by atoms with Crippen molar-refractivity contribution in [3.63, 3.8) is 0 Å². The average molecular weight is 230 g/mol. The molecule has 0 bridgehead atoms. The third kappa shape index (κ3) is 5.88. The predicted octanol–water partition coefficient (Wildman–Crippen LogP) is 1.61. The van der Waals surface area contributed by atoms with E-state index in [1.165, 1.54) is 6.92 Å². The number of carbonyl (C=O) groups is 1. The second-order valence-corrected chi connectivity index (χ2v) is 4.23. The molecule has 0 fully saturated rings. The zero-order valence-electron chi connectivity index (χ0n) is 10.3. The van der Waals surface area contributed by atoms with Crippen molar-refractivity contribution in [2.45, 2.75) is 52.4 Å². The molecule has 2 N–H and O–H groups in total. The van der Waals surface area contributed by atoms with Gasteiger partial charge in [-0.3, -0.25) is 0 Å². The van der Waals surface area contributed by atoms with E-state index in [2.05, 4.69) is 25.2 Å². The van der Waals surface area contributed by atoms with Gasteiger partial charge in [0.05, 0.1) is 0 Å². The highest BCUT2D eigenvalue weighted by Crippen LogP contribution is 2.14. The van der Waals surface area contributed by atoms with Crippen molar-refractivity contribution >= 4 is 5.97 Å². The molecule has 0 amide bonds. The summed E-state index contributed by atoms with van der Waals surface area (Å²) in [5, 5.41) is 18.9. The lowest BCUT2D eigenvalue weighted by molar-refractivity contribution is -0.183. The molecule has 4 heteroatoms. The molecular weight excluding hydrogens is 208 g/mol. The summed E-state index contributed by atoms with van der Waals surface area (Å²) in [5.74, 6) is -0.200. The second-order valence-electron chi connectivity index (χ2n) is 4.23. The first-order valence-corrected chi connectivity index (χ1v) is 5.61. The Morgan fingerprint density at radius 3 is 2.38 bits per heavy atom. The van der Waals surface area contributed by atoms with Crippen LogP contribution >= 0.6 is 0 Å². The Morgan fingerprint density at radius 1 is 1.38 bits per heavy atom. The minimum Gasteiger partial charge on any atom is -0.430 e. The first-order chi connectivity index (χ1) is 7.38. The van der Waals surface area contributed by atoms with E-state index in [4.69, 9.17) is 0 Å². The van der Waals surface area contributed by atoms with Crippen molar-refractivity contribution in [2.75, 3.05) is 0 Å². The molecule has 0 aromatic heterocycles. The first kappa shape index (κ1) is 15.1. The van der Waals surface area contributed by atoms with Crippen LogP contribution in [0.2, 0.25) is 0 Å². The van der Waals surface area contributed by atoms with Gasteiger partial charge in [0.1, 0.15) is 6.10 Å². The lowest BCUT2D eigenvalue weighted by Crippen LogP contribution is -2.31. The quantitative estimate of drug-likeness (QED) is 0.396. The van der Waals surface area contributed by atoms with E-state index in [0.717, 1.165) is 12.8 Å². The van der Waals surface area contributed by atoms with Crippen LogP contribution in [-0.4, -0.2) is 28.6 Å². The van der Waals surface area contributed by atoms with Gasteiger partial charge in [-0.15, -0.1) is 0 Å². The van der Waals surface area contributed by atoms with E-state index in [0.29, 0.717) is 12.3 Å². The molecule has 0 aliphatic rings. The molecule has 0 spiro atoms.